The predicted molar refractivity (Wildman–Crippen MR) is 117 cm³/mol. The van der Waals surface area contributed by atoms with Crippen LogP contribution in [0.25, 0.3) is 22.4 Å². The van der Waals surface area contributed by atoms with Gasteiger partial charge in [-0.15, -0.1) is 0 Å². The molecule has 2 heterocycles. The Bertz CT molecular complexity index is 1270. The van der Waals surface area contributed by atoms with Crippen LogP contribution < -0.4 is 14.9 Å². The number of fused-ring (bicyclic) bond motifs is 4. The van der Waals surface area contributed by atoms with Crippen LogP contribution in [0.4, 0.5) is 0 Å². The highest BCUT2D eigenvalue weighted by Crippen LogP contribution is 2.51. The van der Waals surface area contributed by atoms with Gasteiger partial charge in [0.05, 0.1) is 19.9 Å². The number of nitrogens with zero attached hydrogens (tertiary/aromatic N) is 1. The largest absolute Gasteiger partial charge is 0.496 e. The SMILES string of the molecule is COc1ccccc1-c1cc2c(cc1OC)-c1cc(=O)c(C(=O)O)cn1C1(CCC1)C2. The summed E-state index contributed by atoms with van der Waals surface area (Å²) in [5.41, 5.74) is 3.81. The zero-order valence-corrected chi connectivity index (χ0v) is 17.5. The average molecular weight is 417 g/mol. The minimum Gasteiger partial charge on any atom is -0.496 e. The van der Waals surface area contributed by atoms with Gasteiger partial charge in [0.15, 0.2) is 5.43 Å². The maximum Gasteiger partial charge on any atom is 0.341 e. The number of aromatic nitrogens is 1. The summed E-state index contributed by atoms with van der Waals surface area (Å²) in [5, 5.41) is 9.47. The van der Waals surface area contributed by atoms with Gasteiger partial charge in [0.1, 0.15) is 17.1 Å². The predicted octanol–water partition coefficient (Wildman–Crippen LogP) is 4.33. The number of rotatable bonds is 4. The molecule has 2 aromatic carbocycles. The second-order valence-electron chi connectivity index (χ2n) is 8.28. The Kier molecular flexibility index (Phi) is 4.39. The van der Waals surface area contributed by atoms with Crippen LogP contribution in [-0.2, 0) is 12.0 Å². The summed E-state index contributed by atoms with van der Waals surface area (Å²) in [4.78, 5) is 24.1. The Morgan fingerprint density at radius 2 is 1.74 bits per heavy atom. The van der Waals surface area contributed by atoms with Crippen molar-refractivity contribution in [3.8, 4) is 33.9 Å². The first kappa shape index (κ1) is 19.4. The number of carboxylic acid groups (broad SMARTS) is 1. The van der Waals surface area contributed by atoms with Crippen molar-refractivity contribution in [3.63, 3.8) is 0 Å². The minimum absolute atomic E-state index is 0.184. The third-order valence-corrected chi connectivity index (χ3v) is 6.69. The second kappa shape index (κ2) is 7.01. The van der Waals surface area contributed by atoms with Gasteiger partial charge in [-0.2, -0.15) is 0 Å². The van der Waals surface area contributed by atoms with Crippen molar-refractivity contribution in [3.05, 3.63) is 70.0 Å². The molecule has 6 heteroatoms. The summed E-state index contributed by atoms with van der Waals surface area (Å²) in [6, 6.07) is 13.4. The quantitative estimate of drug-likeness (QED) is 0.684. The third-order valence-electron chi connectivity index (χ3n) is 6.69. The van der Waals surface area contributed by atoms with E-state index in [9.17, 15) is 14.7 Å². The van der Waals surface area contributed by atoms with Crippen molar-refractivity contribution in [1.82, 2.24) is 4.57 Å². The number of aromatic carboxylic acids is 1. The molecule has 1 aliphatic heterocycles. The van der Waals surface area contributed by atoms with Crippen molar-refractivity contribution in [2.45, 2.75) is 31.2 Å². The number of carboxylic acids is 1. The van der Waals surface area contributed by atoms with Gasteiger partial charge in [-0.3, -0.25) is 4.79 Å². The van der Waals surface area contributed by atoms with Crippen LogP contribution >= 0.6 is 0 Å². The summed E-state index contributed by atoms with van der Waals surface area (Å²) in [7, 11) is 3.27. The molecule has 31 heavy (non-hydrogen) atoms. The Labute approximate surface area is 179 Å². The van der Waals surface area contributed by atoms with Crippen LogP contribution in [0.5, 0.6) is 11.5 Å². The van der Waals surface area contributed by atoms with Gasteiger partial charge in [-0.1, -0.05) is 18.2 Å². The highest BCUT2D eigenvalue weighted by atomic mass is 16.5. The van der Waals surface area contributed by atoms with Crippen molar-refractivity contribution in [2.24, 2.45) is 0 Å². The number of pyridine rings is 1. The lowest BCUT2D eigenvalue weighted by atomic mass is 9.69. The van der Waals surface area contributed by atoms with E-state index in [2.05, 4.69) is 6.07 Å². The minimum atomic E-state index is -1.19. The molecule has 0 atom stereocenters. The van der Waals surface area contributed by atoms with Crippen LogP contribution in [0.15, 0.2) is 53.5 Å². The fraction of sp³-hybridized carbons (Fsp3) is 0.280. The van der Waals surface area contributed by atoms with E-state index in [0.29, 0.717) is 5.75 Å². The van der Waals surface area contributed by atoms with Gasteiger partial charge in [-0.25, -0.2) is 4.79 Å². The molecule has 1 spiro atoms. The number of ether oxygens (including phenoxy) is 2. The number of methoxy groups -OCH3 is 2. The van der Waals surface area contributed by atoms with Crippen LogP contribution in [0, 0.1) is 0 Å². The van der Waals surface area contributed by atoms with Crippen LogP contribution in [0.2, 0.25) is 0 Å². The number of benzene rings is 2. The third kappa shape index (κ3) is 2.86. The molecule has 5 rings (SSSR count). The molecule has 0 saturated heterocycles. The average Bonchev–Trinajstić information content (AvgIpc) is 2.75. The smallest absolute Gasteiger partial charge is 0.341 e. The maximum atomic E-state index is 12.5. The van der Waals surface area contributed by atoms with E-state index in [1.807, 2.05) is 34.9 Å². The van der Waals surface area contributed by atoms with Gasteiger partial charge in [0, 0.05) is 34.5 Å². The Balaban J connectivity index is 1.77. The Morgan fingerprint density at radius 1 is 1.00 bits per heavy atom. The molecule has 1 saturated carbocycles. The summed E-state index contributed by atoms with van der Waals surface area (Å²) >= 11 is 0. The van der Waals surface area contributed by atoms with Gasteiger partial charge in [-0.05, 0) is 49.4 Å². The zero-order chi connectivity index (χ0) is 21.8. The first-order chi connectivity index (χ1) is 15.0. The highest BCUT2D eigenvalue weighted by Gasteiger charge is 2.43. The van der Waals surface area contributed by atoms with E-state index in [0.717, 1.165) is 59.4 Å². The highest BCUT2D eigenvalue weighted by molar-refractivity contribution is 5.88. The Hall–Kier alpha value is -3.54. The molecule has 1 N–H and O–H groups in total. The van der Waals surface area contributed by atoms with Crippen molar-refractivity contribution in [2.75, 3.05) is 14.2 Å². The van der Waals surface area contributed by atoms with Crippen molar-refractivity contribution in [1.29, 1.82) is 0 Å². The summed E-state index contributed by atoms with van der Waals surface area (Å²) in [5.74, 6) is 0.247. The number of carbonyl (C=O) groups is 1. The van der Waals surface area contributed by atoms with Crippen LogP contribution in [0.3, 0.4) is 0 Å². The molecule has 0 unspecified atom stereocenters. The van der Waals surface area contributed by atoms with Gasteiger partial charge in [0.2, 0.25) is 0 Å². The van der Waals surface area contributed by atoms with Gasteiger partial charge < -0.3 is 19.1 Å². The lowest BCUT2D eigenvalue weighted by molar-refractivity contribution is 0.0691. The van der Waals surface area contributed by atoms with Crippen molar-refractivity contribution < 1.29 is 19.4 Å². The topological polar surface area (TPSA) is 77.8 Å². The maximum absolute atomic E-state index is 12.5. The van der Waals surface area contributed by atoms with Gasteiger partial charge >= 0.3 is 5.97 Å². The van der Waals surface area contributed by atoms with E-state index < -0.39 is 11.4 Å². The molecule has 1 fully saturated rings. The van der Waals surface area contributed by atoms with E-state index in [-0.39, 0.29) is 11.1 Å². The number of hydrogen-bond acceptors (Lipinski definition) is 4. The second-order valence-corrected chi connectivity index (χ2v) is 8.28. The zero-order valence-electron chi connectivity index (χ0n) is 17.5. The first-order valence-electron chi connectivity index (χ1n) is 10.3. The molecular weight excluding hydrogens is 394 g/mol. The van der Waals surface area contributed by atoms with Crippen LogP contribution in [0.1, 0.15) is 35.2 Å². The molecule has 0 amide bonds. The number of para-hydroxylation sites is 1. The normalized spacial score (nSPS) is 15.5. The Morgan fingerprint density at radius 3 is 2.39 bits per heavy atom. The molecule has 0 bridgehead atoms. The van der Waals surface area contributed by atoms with Crippen molar-refractivity contribution >= 4 is 5.97 Å². The molecule has 3 aromatic rings. The monoisotopic (exact) mass is 417 g/mol. The fourth-order valence-corrected chi connectivity index (χ4v) is 4.99. The lowest BCUT2D eigenvalue weighted by Gasteiger charge is -2.49. The fourth-order valence-electron chi connectivity index (χ4n) is 4.99. The van der Waals surface area contributed by atoms with E-state index in [4.69, 9.17) is 9.47 Å². The summed E-state index contributed by atoms with van der Waals surface area (Å²) in [6.45, 7) is 0. The molecule has 2 aliphatic rings. The molecular formula is C25H23NO5. The molecule has 158 valence electrons. The van der Waals surface area contributed by atoms with Crippen LogP contribution in [-0.4, -0.2) is 29.9 Å². The number of hydrogen-bond donors (Lipinski definition) is 1. The summed E-state index contributed by atoms with van der Waals surface area (Å²) in [6.07, 6.45) is 5.31. The molecule has 1 aliphatic carbocycles. The first-order valence-corrected chi connectivity index (χ1v) is 10.3. The van der Waals surface area contributed by atoms with E-state index in [1.165, 1.54) is 12.3 Å². The lowest BCUT2D eigenvalue weighted by Crippen LogP contribution is -2.46. The van der Waals surface area contributed by atoms with E-state index in [1.54, 1.807) is 14.2 Å². The van der Waals surface area contributed by atoms with E-state index >= 15 is 0 Å². The summed E-state index contributed by atoms with van der Waals surface area (Å²) < 4.78 is 13.3. The molecule has 0 radical (unpaired) electrons. The van der Waals surface area contributed by atoms with Gasteiger partial charge in [0.25, 0.3) is 0 Å². The molecule has 1 aromatic heterocycles. The standard InChI is InChI=1S/C25H23NO5/c1-30-22-7-4-3-6-16(22)18-10-15-13-25(8-5-9-25)26-14-19(24(28)29)21(27)12-20(26)17(15)11-23(18)31-2/h3-4,6-7,10-12,14H,5,8-9,13H2,1-2H3,(H,28,29). The molecule has 6 nitrogen and oxygen atoms in total.